The highest BCUT2D eigenvalue weighted by molar-refractivity contribution is 9.09. The maximum atomic E-state index is 10.0. The number of hydrogen-bond acceptors (Lipinski definition) is 2. The lowest BCUT2D eigenvalue weighted by Crippen LogP contribution is -2.08. The van der Waals surface area contributed by atoms with Crippen molar-refractivity contribution in [1.82, 2.24) is 0 Å². The lowest BCUT2D eigenvalue weighted by atomic mass is 10.5. The van der Waals surface area contributed by atoms with Crippen LogP contribution in [0.3, 0.4) is 0 Å². The molecule has 2 N–H and O–H groups in total. The molecule has 0 rings (SSSR count). The number of phosphoric acid groups is 1. The Morgan fingerprint density at radius 2 is 2.20 bits per heavy atom. The van der Waals surface area contributed by atoms with Gasteiger partial charge in [-0.2, -0.15) is 0 Å². The van der Waals surface area contributed by atoms with Gasteiger partial charge in [-0.1, -0.05) is 15.9 Å². The number of halogens is 2. The Labute approximate surface area is 71.9 Å². The largest absolute Gasteiger partial charge is 0.469 e. The number of phosphoric ester groups is 1. The van der Waals surface area contributed by atoms with E-state index in [1.54, 1.807) is 0 Å². The first kappa shape index (κ1) is 10.9. The predicted molar refractivity (Wildman–Crippen MR) is 41.4 cm³/mol. The number of alkyl halides is 2. The summed E-state index contributed by atoms with van der Waals surface area (Å²) in [7, 11) is -4.34. The van der Waals surface area contributed by atoms with E-state index in [1.807, 2.05) is 0 Å². The van der Waals surface area contributed by atoms with Gasteiger partial charge in [0, 0.05) is 5.33 Å². The van der Waals surface area contributed by atoms with E-state index in [9.17, 15) is 4.57 Å². The molecule has 0 aromatic rings. The van der Waals surface area contributed by atoms with Gasteiger partial charge in [-0.3, -0.25) is 4.52 Å². The summed E-state index contributed by atoms with van der Waals surface area (Å²) in [6.07, 6.45) is 0. The van der Waals surface area contributed by atoms with Crippen LogP contribution in [0, 0.1) is 0 Å². The van der Waals surface area contributed by atoms with E-state index in [0.29, 0.717) is 5.33 Å². The molecule has 0 heterocycles. The molecular formula is C3H7BrClO4P. The Morgan fingerprint density at radius 1 is 1.70 bits per heavy atom. The molecule has 62 valence electrons. The molecule has 0 aliphatic heterocycles. The smallest absolute Gasteiger partial charge is 0.303 e. The van der Waals surface area contributed by atoms with Gasteiger partial charge in [-0.05, 0) is 0 Å². The SMILES string of the molecule is O=P(O)(O)OCC(Cl)CBr. The molecule has 10 heavy (non-hydrogen) atoms. The first-order valence-corrected chi connectivity index (χ1v) is 5.44. The lowest BCUT2D eigenvalue weighted by molar-refractivity contribution is 0.199. The highest BCUT2D eigenvalue weighted by Gasteiger charge is 2.15. The molecule has 0 amide bonds. The van der Waals surface area contributed by atoms with E-state index >= 15 is 0 Å². The summed E-state index contributed by atoms with van der Waals surface area (Å²) in [5, 5.41) is 0.0294. The predicted octanol–water partition coefficient (Wildman–Crippen LogP) is 1.10. The van der Waals surface area contributed by atoms with Crippen LogP contribution in [0.2, 0.25) is 0 Å². The topological polar surface area (TPSA) is 66.8 Å². The van der Waals surface area contributed by atoms with E-state index in [1.165, 1.54) is 0 Å². The van der Waals surface area contributed by atoms with Gasteiger partial charge in [0.2, 0.25) is 0 Å². The van der Waals surface area contributed by atoms with Crippen molar-refractivity contribution in [3.8, 4) is 0 Å². The van der Waals surface area contributed by atoms with Crippen LogP contribution in [0.25, 0.3) is 0 Å². The third-order valence-electron chi connectivity index (χ3n) is 0.591. The van der Waals surface area contributed by atoms with Gasteiger partial charge in [0.05, 0.1) is 12.0 Å². The highest BCUT2D eigenvalue weighted by Crippen LogP contribution is 2.36. The molecule has 0 aliphatic rings. The maximum absolute atomic E-state index is 10.0. The fraction of sp³-hybridized carbons (Fsp3) is 1.00. The van der Waals surface area contributed by atoms with E-state index in [-0.39, 0.29) is 6.61 Å². The summed E-state index contributed by atoms with van der Waals surface area (Å²) in [6.45, 7) is -0.156. The quantitative estimate of drug-likeness (QED) is 0.581. The summed E-state index contributed by atoms with van der Waals surface area (Å²) >= 11 is 8.47. The molecule has 0 aromatic heterocycles. The second kappa shape index (κ2) is 4.70. The Bertz CT molecular complexity index is 136. The van der Waals surface area contributed by atoms with Gasteiger partial charge in [-0.25, -0.2) is 4.57 Å². The van der Waals surface area contributed by atoms with Gasteiger partial charge in [0.1, 0.15) is 0 Å². The Balaban J connectivity index is 3.46. The van der Waals surface area contributed by atoms with Crippen LogP contribution >= 0.6 is 35.4 Å². The zero-order chi connectivity index (χ0) is 8.20. The minimum absolute atomic E-state index is 0.156. The minimum Gasteiger partial charge on any atom is -0.303 e. The van der Waals surface area contributed by atoms with Crippen molar-refractivity contribution in [3.05, 3.63) is 0 Å². The van der Waals surface area contributed by atoms with Crippen LogP contribution < -0.4 is 0 Å². The minimum atomic E-state index is -4.34. The Hall–Kier alpha value is 0.880. The van der Waals surface area contributed by atoms with E-state index < -0.39 is 13.2 Å². The van der Waals surface area contributed by atoms with Crippen LogP contribution in [-0.2, 0) is 9.09 Å². The zero-order valence-corrected chi connectivity index (χ0v) is 8.14. The Morgan fingerprint density at radius 3 is 2.50 bits per heavy atom. The van der Waals surface area contributed by atoms with Crippen molar-refractivity contribution in [2.75, 3.05) is 11.9 Å². The molecule has 0 saturated carbocycles. The van der Waals surface area contributed by atoms with Gasteiger partial charge >= 0.3 is 7.82 Å². The zero-order valence-electron chi connectivity index (χ0n) is 4.91. The monoisotopic (exact) mass is 252 g/mol. The molecule has 1 unspecified atom stereocenters. The maximum Gasteiger partial charge on any atom is 0.469 e. The molecule has 0 bridgehead atoms. The summed E-state index contributed by atoms with van der Waals surface area (Å²) in [4.78, 5) is 16.4. The summed E-state index contributed by atoms with van der Waals surface area (Å²) in [5.41, 5.74) is 0. The third kappa shape index (κ3) is 6.99. The molecular weight excluding hydrogens is 246 g/mol. The molecule has 0 radical (unpaired) electrons. The fourth-order valence-electron chi connectivity index (χ4n) is 0.223. The van der Waals surface area contributed by atoms with E-state index in [0.717, 1.165) is 0 Å². The highest BCUT2D eigenvalue weighted by atomic mass is 79.9. The van der Waals surface area contributed by atoms with Crippen LogP contribution in [-0.4, -0.2) is 27.1 Å². The molecule has 1 atom stereocenters. The van der Waals surface area contributed by atoms with Gasteiger partial charge in [0.15, 0.2) is 0 Å². The number of rotatable bonds is 4. The summed E-state index contributed by atoms with van der Waals surface area (Å²) in [5.74, 6) is 0. The average molecular weight is 253 g/mol. The van der Waals surface area contributed by atoms with E-state index in [4.69, 9.17) is 21.4 Å². The lowest BCUT2D eigenvalue weighted by Gasteiger charge is -2.06. The van der Waals surface area contributed by atoms with Crippen LogP contribution in [0.15, 0.2) is 0 Å². The van der Waals surface area contributed by atoms with Crippen LogP contribution in [0.1, 0.15) is 0 Å². The summed E-state index contributed by atoms with van der Waals surface area (Å²) in [6, 6.07) is 0. The van der Waals surface area contributed by atoms with Crippen molar-refractivity contribution in [3.63, 3.8) is 0 Å². The summed E-state index contributed by atoms with van der Waals surface area (Å²) < 4.78 is 14.1. The van der Waals surface area contributed by atoms with Crippen molar-refractivity contribution in [2.24, 2.45) is 0 Å². The van der Waals surface area contributed by atoms with Crippen molar-refractivity contribution in [2.45, 2.75) is 5.38 Å². The molecule has 0 spiro atoms. The second-order valence-corrected chi connectivity index (χ2v) is 4.04. The standard InChI is InChI=1S/C3H7BrClO4P/c4-1-3(5)2-9-10(6,7)8/h3H,1-2H2,(H2,6,7,8). The normalized spacial score (nSPS) is 15.2. The van der Waals surface area contributed by atoms with Crippen molar-refractivity contribution >= 4 is 35.4 Å². The van der Waals surface area contributed by atoms with Gasteiger partial charge in [-0.15, -0.1) is 11.6 Å². The molecule has 0 aromatic carbocycles. The average Bonchev–Trinajstić information content (AvgIpc) is 1.81. The van der Waals surface area contributed by atoms with Gasteiger partial charge in [0.25, 0.3) is 0 Å². The molecule has 0 saturated heterocycles. The van der Waals surface area contributed by atoms with E-state index in [2.05, 4.69) is 20.5 Å². The Kier molecular flexibility index (Phi) is 5.11. The van der Waals surface area contributed by atoms with Gasteiger partial charge < -0.3 is 9.79 Å². The molecule has 4 nitrogen and oxygen atoms in total. The first-order chi connectivity index (χ1) is 4.45. The molecule has 0 fully saturated rings. The molecule has 7 heteroatoms. The third-order valence-corrected chi connectivity index (χ3v) is 2.51. The second-order valence-electron chi connectivity index (χ2n) is 1.54. The van der Waals surface area contributed by atoms with Crippen LogP contribution in [0.4, 0.5) is 0 Å². The fourth-order valence-corrected chi connectivity index (χ4v) is 0.934. The van der Waals surface area contributed by atoms with Crippen molar-refractivity contribution in [1.29, 1.82) is 0 Å². The first-order valence-electron chi connectivity index (χ1n) is 2.36. The number of hydrogen-bond donors (Lipinski definition) is 2. The molecule has 0 aliphatic carbocycles. The van der Waals surface area contributed by atoms with Crippen LogP contribution in [0.5, 0.6) is 0 Å². The van der Waals surface area contributed by atoms with Crippen molar-refractivity contribution < 1.29 is 18.9 Å².